The second-order valence-corrected chi connectivity index (χ2v) is 13.9. The molecule has 0 fully saturated rings. The van der Waals surface area contributed by atoms with Gasteiger partial charge < -0.3 is 19.7 Å². The highest BCUT2D eigenvalue weighted by Gasteiger charge is 2.16. The molecular formula is C43H78O6. The van der Waals surface area contributed by atoms with Gasteiger partial charge in [-0.05, 0) is 38.5 Å². The fourth-order valence-electron chi connectivity index (χ4n) is 5.88. The minimum atomic E-state index is -0.791. The van der Waals surface area contributed by atoms with Crippen molar-refractivity contribution in [2.45, 2.75) is 212 Å². The van der Waals surface area contributed by atoms with Crippen molar-refractivity contribution >= 4 is 11.9 Å². The number of esters is 2. The Kier molecular flexibility index (Phi) is 37.4. The largest absolute Gasteiger partial charge is 0.462 e. The van der Waals surface area contributed by atoms with Crippen molar-refractivity contribution in [3.8, 4) is 0 Å². The van der Waals surface area contributed by atoms with Crippen LogP contribution in [0.3, 0.4) is 0 Å². The number of carbonyl (C=O) groups excluding carboxylic acids is 2. The second kappa shape index (κ2) is 38.9. The van der Waals surface area contributed by atoms with Crippen LogP contribution in [-0.4, -0.2) is 47.6 Å². The molecule has 0 aromatic carbocycles. The molecule has 0 aliphatic rings. The average molecular weight is 691 g/mol. The van der Waals surface area contributed by atoms with Gasteiger partial charge in [0.15, 0.2) is 6.10 Å². The van der Waals surface area contributed by atoms with Crippen LogP contribution in [-0.2, 0) is 19.1 Å². The van der Waals surface area contributed by atoms with Crippen molar-refractivity contribution in [2.75, 3.05) is 13.2 Å². The Hall–Kier alpha value is -1.92. The summed E-state index contributed by atoms with van der Waals surface area (Å²) in [5.41, 5.74) is 0. The number of allylic oxidation sites excluding steroid dienone is 4. The van der Waals surface area contributed by atoms with Gasteiger partial charge in [0.25, 0.3) is 0 Å². The van der Waals surface area contributed by atoms with Crippen molar-refractivity contribution in [3.05, 3.63) is 36.5 Å². The summed E-state index contributed by atoms with van der Waals surface area (Å²) in [5.74, 6) is -0.638. The fraction of sp³-hybridized carbons (Fsp3) is 0.814. The Morgan fingerprint density at radius 2 is 1.04 bits per heavy atom. The smallest absolute Gasteiger partial charge is 0.306 e. The summed E-state index contributed by atoms with van der Waals surface area (Å²) in [4.78, 5) is 24.3. The van der Waals surface area contributed by atoms with E-state index < -0.39 is 12.2 Å². The highest BCUT2D eigenvalue weighted by Crippen LogP contribution is 2.15. The van der Waals surface area contributed by atoms with Gasteiger partial charge >= 0.3 is 11.9 Å². The molecule has 2 N–H and O–H groups in total. The molecular weight excluding hydrogens is 612 g/mol. The van der Waals surface area contributed by atoms with E-state index in [1.165, 1.54) is 103 Å². The molecule has 6 heteroatoms. The number of rotatable bonds is 37. The first kappa shape index (κ1) is 47.1. The average Bonchev–Trinajstić information content (AvgIpc) is 3.10. The third kappa shape index (κ3) is 37.2. The molecule has 49 heavy (non-hydrogen) atoms. The molecule has 0 aliphatic heterocycles. The van der Waals surface area contributed by atoms with Crippen LogP contribution in [0, 0.1) is 0 Å². The zero-order valence-electron chi connectivity index (χ0n) is 32.1. The maximum Gasteiger partial charge on any atom is 0.306 e. The molecule has 0 aromatic rings. The van der Waals surface area contributed by atoms with Crippen molar-refractivity contribution in [2.24, 2.45) is 0 Å². The lowest BCUT2D eigenvalue weighted by atomic mass is 10.0. The molecule has 0 aliphatic carbocycles. The molecule has 6 nitrogen and oxygen atoms in total. The first-order chi connectivity index (χ1) is 24.0. The zero-order chi connectivity index (χ0) is 35.9. The van der Waals surface area contributed by atoms with Crippen LogP contribution in [0.15, 0.2) is 36.5 Å². The maximum atomic E-state index is 12.2. The fourth-order valence-corrected chi connectivity index (χ4v) is 5.88. The molecule has 0 radical (unpaired) electrons. The number of hydrogen-bond acceptors (Lipinski definition) is 6. The number of carbonyl (C=O) groups is 2. The normalized spacial score (nSPS) is 13.1. The summed E-state index contributed by atoms with van der Waals surface area (Å²) < 4.78 is 10.6. The second-order valence-electron chi connectivity index (χ2n) is 13.9. The Balaban J connectivity index is 3.57. The van der Waals surface area contributed by atoms with Crippen LogP contribution in [0.1, 0.15) is 200 Å². The van der Waals surface area contributed by atoms with Crippen LogP contribution in [0.4, 0.5) is 0 Å². The molecule has 0 saturated carbocycles. The topological polar surface area (TPSA) is 93.1 Å². The number of unbranched alkanes of at least 4 members (excludes halogenated alkanes) is 23. The van der Waals surface area contributed by atoms with Crippen LogP contribution >= 0.6 is 0 Å². The van der Waals surface area contributed by atoms with Crippen LogP contribution < -0.4 is 0 Å². The van der Waals surface area contributed by atoms with Gasteiger partial charge in [-0.15, -0.1) is 0 Å². The van der Waals surface area contributed by atoms with Crippen molar-refractivity contribution in [1.29, 1.82) is 0 Å². The summed E-state index contributed by atoms with van der Waals surface area (Å²) in [6.45, 7) is 3.92. The van der Waals surface area contributed by atoms with E-state index in [-0.39, 0.29) is 25.2 Å². The van der Waals surface area contributed by atoms with Crippen LogP contribution in [0.5, 0.6) is 0 Å². The van der Waals surface area contributed by atoms with E-state index in [4.69, 9.17) is 9.47 Å². The van der Waals surface area contributed by atoms with E-state index in [2.05, 4.69) is 26.0 Å². The third-order valence-electron chi connectivity index (χ3n) is 9.03. The molecule has 0 aromatic heterocycles. The van der Waals surface area contributed by atoms with Gasteiger partial charge in [-0.2, -0.15) is 0 Å². The van der Waals surface area contributed by atoms with Crippen molar-refractivity contribution < 1.29 is 29.3 Å². The third-order valence-corrected chi connectivity index (χ3v) is 9.03. The van der Waals surface area contributed by atoms with Crippen LogP contribution in [0.2, 0.25) is 0 Å². The maximum absolute atomic E-state index is 12.2. The number of ether oxygens (including phenoxy) is 2. The van der Waals surface area contributed by atoms with Gasteiger partial charge in [0.05, 0.1) is 12.7 Å². The molecule has 0 heterocycles. The number of aliphatic hydroxyl groups excluding tert-OH is 2. The van der Waals surface area contributed by atoms with E-state index in [9.17, 15) is 19.8 Å². The molecule has 2 atom stereocenters. The van der Waals surface area contributed by atoms with Crippen molar-refractivity contribution in [3.63, 3.8) is 0 Å². The Labute approximate surface area is 302 Å². The number of hydrogen-bond donors (Lipinski definition) is 2. The summed E-state index contributed by atoms with van der Waals surface area (Å²) >= 11 is 0. The lowest BCUT2D eigenvalue weighted by molar-refractivity contribution is -0.161. The Morgan fingerprint density at radius 1 is 0.571 bits per heavy atom. The highest BCUT2D eigenvalue weighted by atomic mass is 16.6. The van der Waals surface area contributed by atoms with Crippen LogP contribution in [0.25, 0.3) is 0 Å². The van der Waals surface area contributed by atoms with Gasteiger partial charge in [-0.25, -0.2) is 0 Å². The van der Waals surface area contributed by atoms with E-state index in [0.717, 1.165) is 64.2 Å². The van der Waals surface area contributed by atoms with E-state index >= 15 is 0 Å². The van der Waals surface area contributed by atoms with Gasteiger partial charge in [-0.3, -0.25) is 9.59 Å². The summed E-state index contributed by atoms with van der Waals surface area (Å²) in [7, 11) is 0. The lowest BCUT2D eigenvalue weighted by Crippen LogP contribution is -2.28. The molecule has 0 spiro atoms. The minimum Gasteiger partial charge on any atom is -0.462 e. The SMILES string of the molecule is CC/C=C/CC(O)/C=C/C=C/CCCCCCCC(=O)OC[C@H](CO)OC(=O)CCCCCCCCCCCCCCCCCCCCC. The first-order valence-corrected chi connectivity index (χ1v) is 20.7. The van der Waals surface area contributed by atoms with E-state index in [1.807, 2.05) is 24.3 Å². The molecule has 1 unspecified atom stereocenters. The van der Waals surface area contributed by atoms with Crippen molar-refractivity contribution in [1.82, 2.24) is 0 Å². The number of aliphatic hydroxyl groups is 2. The standard InChI is InChI=1S/C43H78O6/c1-3-5-7-8-9-10-11-12-13-14-15-16-17-18-19-22-26-29-33-37-43(47)49-41(38-44)39-48-42(46)36-32-28-25-23-20-21-24-27-31-35-40(45)34-30-6-4-2/h6,24,27,30-31,35,40-41,44-45H,3-5,7-23,25-26,28-29,32-34,36-39H2,1-2H3/b27-24+,30-6+,35-31+/t40?,41-/m0/s1. The van der Waals surface area contributed by atoms with E-state index in [0.29, 0.717) is 19.3 Å². The minimum absolute atomic E-state index is 0.0898. The van der Waals surface area contributed by atoms with Gasteiger partial charge in [0, 0.05) is 12.8 Å². The van der Waals surface area contributed by atoms with Gasteiger partial charge in [0.2, 0.25) is 0 Å². The predicted octanol–water partition coefficient (Wildman–Crippen LogP) is 11.8. The lowest BCUT2D eigenvalue weighted by Gasteiger charge is -2.15. The predicted molar refractivity (Wildman–Crippen MR) is 207 cm³/mol. The van der Waals surface area contributed by atoms with Gasteiger partial charge in [0.1, 0.15) is 6.61 Å². The van der Waals surface area contributed by atoms with Gasteiger partial charge in [-0.1, -0.05) is 185 Å². The highest BCUT2D eigenvalue weighted by molar-refractivity contribution is 5.70. The summed E-state index contributed by atoms with van der Waals surface area (Å²) in [6, 6.07) is 0. The molecule has 0 bridgehead atoms. The zero-order valence-corrected chi connectivity index (χ0v) is 32.1. The monoisotopic (exact) mass is 691 g/mol. The molecule has 286 valence electrons. The Morgan fingerprint density at radius 3 is 1.53 bits per heavy atom. The molecule has 0 rings (SSSR count). The quantitative estimate of drug-likeness (QED) is 0.0292. The molecule has 0 saturated heterocycles. The summed E-state index contributed by atoms with van der Waals surface area (Å²) in [5, 5.41) is 19.4. The first-order valence-electron chi connectivity index (χ1n) is 20.7. The Bertz CT molecular complexity index is 804. The molecule has 0 amide bonds. The summed E-state index contributed by atoms with van der Waals surface area (Å²) in [6.07, 6.45) is 44.0. The van der Waals surface area contributed by atoms with E-state index in [1.54, 1.807) is 0 Å².